The molecular weight excluding hydrogens is 466 g/mol. The molecule has 0 unspecified atom stereocenters. The van der Waals surface area contributed by atoms with Crippen LogP contribution in [0, 0.1) is 0 Å². The van der Waals surface area contributed by atoms with E-state index in [2.05, 4.69) is 46.6 Å². The van der Waals surface area contributed by atoms with Crippen molar-refractivity contribution < 1.29 is 14.7 Å². The number of carbonyl (C=O) groups excluding carboxylic acids is 2. The predicted molar refractivity (Wildman–Crippen MR) is 142 cm³/mol. The Kier molecular flexibility index (Phi) is 6.32. The minimum atomic E-state index is -0.580. The van der Waals surface area contributed by atoms with E-state index in [0.29, 0.717) is 32.7 Å². The molecule has 196 valence electrons. The number of hydrogen-bond donors (Lipinski definition) is 3. The second-order valence-corrected chi connectivity index (χ2v) is 11.4. The molecule has 8 nitrogen and oxygen atoms in total. The van der Waals surface area contributed by atoms with Gasteiger partial charge in [-0.2, -0.15) is 0 Å². The molecule has 1 spiro atoms. The largest absolute Gasteiger partial charge is 0.390 e. The average Bonchev–Trinajstić information content (AvgIpc) is 3.67. The molecule has 6 rings (SSSR count). The summed E-state index contributed by atoms with van der Waals surface area (Å²) in [5.41, 5.74) is 11.0. The number of hydrogen-bond acceptors (Lipinski definition) is 5. The zero-order valence-electron chi connectivity index (χ0n) is 21.4. The number of anilines is 1. The van der Waals surface area contributed by atoms with E-state index in [0.717, 1.165) is 62.0 Å². The van der Waals surface area contributed by atoms with E-state index < -0.39 is 6.10 Å². The van der Waals surface area contributed by atoms with Crippen molar-refractivity contribution in [3.8, 4) is 0 Å². The average molecular weight is 504 g/mol. The third kappa shape index (κ3) is 4.92. The van der Waals surface area contributed by atoms with Crippen LogP contribution >= 0.6 is 0 Å². The number of piperidine rings is 1. The number of amides is 3. The maximum Gasteiger partial charge on any atom is 0.314 e. The molecule has 3 amide bonds. The number of aliphatic hydroxyl groups is 1. The third-order valence-electron chi connectivity index (χ3n) is 8.74. The van der Waals surface area contributed by atoms with Crippen LogP contribution in [0.4, 0.5) is 10.5 Å². The molecule has 1 atom stereocenters. The molecule has 3 aliphatic heterocycles. The molecule has 2 aromatic carbocycles. The van der Waals surface area contributed by atoms with Gasteiger partial charge in [0.05, 0.1) is 6.10 Å². The Morgan fingerprint density at radius 2 is 1.84 bits per heavy atom. The fourth-order valence-corrected chi connectivity index (χ4v) is 6.49. The molecule has 2 fully saturated rings. The first-order valence-electron chi connectivity index (χ1n) is 13.6. The van der Waals surface area contributed by atoms with E-state index in [9.17, 15) is 14.7 Å². The van der Waals surface area contributed by atoms with Crippen molar-refractivity contribution in [2.24, 2.45) is 5.73 Å². The Hall–Kier alpha value is -3.10. The first kappa shape index (κ1) is 24.2. The number of nitrogens with two attached hydrogens (primary N) is 1. The Labute approximate surface area is 218 Å². The van der Waals surface area contributed by atoms with Gasteiger partial charge in [-0.1, -0.05) is 30.3 Å². The van der Waals surface area contributed by atoms with Crippen LogP contribution in [0.2, 0.25) is 0 Å². The summed E-state index contributed by atoms with van der Waals surface area (Å²) in [7, 11) is 0. The number of nitrogens with one attached hydrogen (secondary N) is 1. The standard InChI is InChI=1S/C29H37N5O3/c30-28(37)33-13-8-22(9-14-33)31-23-5-6-26-25(15-23)27(36)34(19-29(26)10-11-29)18-24(35)17-32-12-7-20-3-1-2-4-21(20)16-32/h1-6,15,22,24,31,35H,7-14,16-19H2,(H2,30,37)/t24-/m1/s1. The van der Waals surface area contributed by atoms with E-state index >= 15 is 0 Å². The van der Waals surface area contributed by atoms with Crippen LogP contribution in [0.15, 0.2) is 42.5 Å². The first-order valence-corrected chi connectivity index (χ1v) is 13.6. The Balaban J connectivity index is 1.11. The van der Waals surface area contributed by atoms with Gasteiger partial charge >= 0.3 is 6.03 Å². The van der Waals surface area contributed by atoms with Gasteiger partial charge in [-0.3, -0.25) is 9.69 Å². The monoisotopic (exact) mass is 503 g/mol. The van der Waals surface area contributed by atoms with Crippen molar-refractivity contribution in [3.63, 3.8) is 0 Å². The zero-order chi connectivity index (χ0) is 25.6. The predicted octanol–water partition coefficient (Wildman–Crippen LogP) is 2.55. The summed E-state index contributed by atoms with van der Waals surface area (Å²) in [5, 5.41) is 14.6. The number of benzene rings is 2. The van der Waals surface area contributed by atoms with Gasteiger partial charge in [0.1, 0.15) is 0 Å². The number of primary amides is 1. The number of aliphatic hydroxyl groups excluding tert-OH is 1. The van der Waals surface area contributed by atoms with Gasteiger partial charge in [0.15, 0.2) is 0 Å². The number of β-amino-alcohol motifs (C(OH)–C–C–N with tert-alkyl or cyclic N) is 1. The molecule has 3 heterocycles. The minimum absolute atomic E-state index is 0.0164. The summed E-state index contributed by atoms with van der Waals surface area (Å²) in [5.74, 6) is 0.0164. The van der Waals surface area contributed by atoms with E-state index in [-0.39, 0.29) is 23.4 Å². The molecular formula is C29H37N5O3. The highest BCUT2D eigenvalue weighted by atomic mass is 16.3. The number of nitrogens with zero attached hydrogens (tertiary/aromatic N) is 3. The molecule has 1 saturated carbocycles. The molecule has 8 heteroatoms. The molecule has 1 aliphatic carbocycles. The van der Waals surface area contributed by atoms with Crippen molar-refractivity contribution in [2.75, 3.05) is 44.6 Å². The molecule has 4 aliphatic rings. The number of carbonyl (C=O) groups is 2. The van der Waals surface area contributed by atoms with E-state index in [4.69, 9.17) is 5.73 Å². The van der Waals surface area contributed by atoms with Crippen molar-refractivity contribution in [2.45, 2.75) is 56.2 Å². The highest BCUT2D eigenvalue weighted by Gasteiger charge is 2.51. The highest BCUT2D eigenvalue weighted by Crippen LogP contribution is 2.52. The van der Waals surface area contributed by atoms with Gasteiger partial charge in [0.25, 0.3) is 5.91 Å². The number of likely N-dealkylation sites (tertiary alicyclic amines) is 1. The van der Waals surface area contributed by atoms with E-state index in [1.54, 1.807) is 4.90 Å². The lowest BCUT2D eigenvalue weighted by molar-refractivity contribution is 0.0459. The molecule has 0 bridgehead atoms. The summed E-state index contributed by atoms with van der Waals surface area (Å²) >= 11 is 0. The van der Waals surface area contributed by atoms with Crippen LogP contribution in [-0.2, 0) is 18.4 Å². The summed E-state index contributed by atoms with van der Waals surface area (Å²) in [6, 6.07) is 14.6. The van der Waals surface area contributed by atoms with E-state index in [1.165, 1.54) is 11.1 Å². The molecule has 37 heavy (non-hydrogen) atoms. The second-order valence-electron chi connectivity index (χ2n) is 11.4. The number of urea groups is 1. The summed E-state index contributed by atoms with van der Waals surface area (Å²) in [6.45, 7) is 4.70. The van der Waals surface area contributed by atoms with Crippen molar-refractivity contribution >= 4 is 17.6 Å². The lowest BCUT2D eigenvalue weighted by atomic mass is 9.86. The SMILES string of the molecule is NC(=O)N1CCC(Nc2ccc3c(c2)C(=O)N(C[C@H](O)CN2CCc4ccccc4C2)CC32CC2)CC1. The Morgan fingerprint density at radius 1 is 1.08 bits per heavy atom. The minimum Gasteiger partial charge on any atom is -0.390 e. The lowest BCUT2D eigenvalue weighted by Gasteiger charge is -2.37. The molecule has 1 saturated heterocycles. The lowest BCUT2D eigenvalue weighted by Crippen LogP contribution is -2.49. The fourth-order valence-electron chi connectivity index (χ4n) is 6.49. The van der Waals surface area contributed by atoms with Crippen LogP contribution in [-0.4, -0.2) is 83.2 Å². The normalized spacial score (nSPS) is 21.9. The van der Waals surface area contributed by atoms with Gasteiger partial charge in [-0.25, -0.2) is 4.79 Å². The van der Waals surface area contributed by atoms with Crippen LogP contribution < -0.4 is 11.1 Å². The zero-order valence-corrected chi connectivity index (χ0v) is 21.4. The smallest absolute Gasteiger partial charge is 0.314 e. The number of fused-ring (bicyclic) bond motifs is 3. The quantitative estimate of drug-likeness (QED) is 0.562. The van der Waals surface area contributed by atoms with Gasteiger partial charge in [0, 0.05) is 68.5 Å². The summed E-state index contributed by atoms with van der Waals surface area (Å²) in [6.07, 6.45) is 4.25. The van der Waals surface area contributed by atoms with Gasteiger partial charge in [-0.05, 0) is 60.9 Å². The van der Waals surface area contributed by atoms with Crippen LogP contribution in [0.3, 0.4) is 0 Å². The van der Waals surface area contributed by atoms with Crippen LogP contribution in [0.5, 0.6) is 0 Å². The maximum atomic E-state index is 13.6. The third-order valence-corrected chi connectivity index (χ3v) is 8.74. The van der Waals surface area contributed by atoms with Gasteiger partial charge in [-0.15, -0.1) is 0 Å². The molecule has 4 N–H and O–H groups in total. The van der Waals surface area contributed by atoms with Crippen LogP contribution in [0.1, 0.15) is 52.7 Å². The molecule has 0 radical (unpaired) electrons. The molecule has 0 aromatic heterocycles. The van der Waals surface area contributed by atoms with Crippen LogP contribution in [0.25, 0.3) is 0 Å². The Morgan fingerprint density at radius 3 is 2.57 bits per heavy atom. The topological polar surface area (TPSA) is 102 Å². The van der Waals surface area contributed by atoms with Gasteiger partial charge < -0.3 is 26.0 Å². The van der Waals surface area contributed by atoms with Crippen molar-refractivity contribution in [1.82, 2.24) is 14.7 Å². The molecule has 2 aromatic rings. The Bertz CT molecular complexity index is 1190. The maximum absolute atomic E-state index is 13.6. The van der Waals surface area contributed by atoms with Gasteiger partial charge in [0.2, 0.25) is 0 Å². The summed E-state index contributed by atoms with van der Waals surface area (Å²) in [4.78, 5) is 30.9. The van der Waals surface area contributed by atoms with Crippen molar-refractivity contribution in [3.05, 3.63) is 64.7 Å². The summed E-state index contributed by atoms with van der Waals surface area (Å²) < 4.78 is 0. The second kappa shape index (κ2) is 9.65. The van der Waals surface area contributed by atoms with Crippen molar-refractivity contribution in [1.29, 1.82) is 0 Å². The highest BCUT2D eigenvalue weighted by molar-refractivity contribution is 5.98. The van der Waals surface area contributed by atoms with E-state index in [1.807, 2.05) is 11.0 Å². The first-order chi connectivity index (χ1) is 17.9. The number of rotatable bonds is 6. The fraction of sp³-hybridized carbons (Fsp3) is 0.517.